The summed E-state index contributed by atoms with van der Waals surface area (Å²) in [5.41, 5.74) is 1.74. The lowest BCUT2D eigenvalue weighted by molar-refractivity contribution is -0.144. The summed E-state index contributed by atoms with van der Waals surface area (Å²) in [6.45, 7) is 6.25. The van der Waals surface area contributed by atoms with Crippen LogP contribution in [-0.2, 0) is 34.5 Å². The van der Waals surface area contributed by atoms with Crippen LogP contribution in [0.4, 0.5) is 0 Å². The van der Waals surface area contributed by atoms with Gasteiger partial charge in [-0.05, 0) is 12.8 Å². The molecule has 8 heteroatoms. The van der Waals surface area contributed by atoms with E-state index in [0.717, 1.165) is 42.9 Å². The summed E-state index contributed by atoms with van der Waals surface area (Å²) in [7, 11) is 0. The maximum Gasteiger partial charge on any atom is 0.242 e. The number of piperidine rings is 1. The van der Waals surface area contributed by atoms with Crippen LogP contribution in [0.25, 0.3) is 0 Å². The number of amides is 2. The van der Waals surface area contributed by atoms with Gasteiger partial charge in [0.1, 0.15) is 12.4 Å². The number of hydrogen-bond acceptors (Lipinski definition) is 4. The van der Waals surface area contributed by atoms with Gasteiger partial charge in [0.05, 0.1) is 17.6 Å². The van der Waals surface area contributed by atoms with Crippen LogP contribution in [0.2, 0.25) is 0 Å². The lowest BCUT2D eigenvalue weighted by Gasteiger charge is -2.50. The zero-order valence-electron chi connectivity index (χ0n) is 16.6. The number of nitrogens with one attached hydrogen (secondary N) is 1. The number of aromatic amines is 1. The third-order valence-corrected chi connectivity index (χ3v) is 6.23. The Kier molecular flexibility index (Phi) is 4.95. The summed E-state index contributed by atoms with van der Waals surface area (Å²) < 4.78 is 1.92. The van der Waals surface area contributed by atoms with E-state index in [2.05, 4.69) is 15.0 Å². The lowest BCUT2D eigenvalue weighted by Crippen LogP contribution is -2.59. The van der Waals surface area contributed by atoms with Gasteiger partial charge in [0, 0.05) is 57.0 Å². The van der Waals surface area contributed by atoms with Crippen LogP contribution in [0, 0.1) is 0 Å². The molecule has 4 rings (SSSR count). The van der Waals surface area contributed by atoms with Gasteiger partial charge in [0.2, 0.25) is 11.8 Å². The molecular formula is C20H28N6O2. The van der Waals surface area contributed by atoms with E-state index in [-0.39, 0.29) is 17.4 Å². The van der Waals surface area contributed by atoms with Crippen molar-refractivity contribution in [3.63, 3.8) is 0 Å². The minimum atomic E-state index is -0.388. The van der Waals surface area contributed by atoms with E-state index in [1.54, 1.807) is 12.5 Å². The van der Waals surface area contributed by atoms with Crippen LogP contribution in [0.5, 0.6) is 0 Å². The smallest absolute Gasteiger partial charge is 0.242 e. The Morgan fingerprint density at radius 2 is 1.93 bits per heavy atom. The molecule has 0 radical (unpaired) electrons. The van der Waals surface area contributed by atoms with Crippen LogP contribution >= 0.6 is 0 Å². The van der Waals surface area contributed by atoms with E-state index in [4.69, 9.17) is 0 Å². The number of carbonyl (C=O) groups excluding carboxylic acids is 2. The summed E-state index contributed by atoms with van der Waals surface area (Å²) in [5, 5.41) is 0. The quantitative estimate of drug-likeness (QED) is 0.865. The number of H-pyrrole nitrogens is 1. The third kappa shape index (κ3) is 3.00. The van der Waals surface area contributed by atoms with E-state index in [1.165, 1.54) is 0 Å². The summed E-state index contributed by atoms with van der Waals surface area (Å²) in [6.07, 6.45) is 8.90. The molecule has 0 atom stereocenters. The van der Waals surface area contributed by atoms with E-state index in [1.807, 2.05) is 34.4 Å². The molecule has 0 aliphatic carbocycles. The first-order valence-corrected chi connectivity index (χ1v) is 10.2. The van der Waals surface area contributed by atoms with Crippen LogP contribution in [0.15, 0.2) is 18.7 Å². The predicted molar refractivity (Wildman–Crippen MR) is 103 cm³/mol. The molecule has 2 aromatic rings. The van der Waals surface area contributed by atoms with Gasteiger partial charge in [-0.3, -0.25) is 9.59 Å². The molecule has 2 amide bonds. The molecule has 1 saturated heterocycles. The van der Waals surface area contributed by atoms with Gasteiger partial charge in [-0.25, -0.2) is 9.97 Å². The molecule has 0 saturated carbocycles. The SMILES string of the molecule is CCC(=O)N1CCc2[nH]cnc2C12CCN(C(=O)Cn1ccnc1CC)CC2. The zero-order chi connectivity index (χ0) is 19.7. The van der Waals surface area contributed by atoms with Crippen LogP contribution < -0.4 is 0 Å². The highest BCUT2D eigenvalue weighted by Crippen LogP contribution is 2.42. The van der Waals surface area contributed by atoms with Gasteiger partial charge in [0.15, 0.2) is 0 Å². The van der Waals surface area contributed by atoms with Crippen molar-refractivity contribution in [1.82, 2.24) is 29.3 Å². The predicted octanol–water partition coefficient (Wildman–Crippen LogP) is 1.48. The zero-order valence-corrected chi connectivity index (χ0v) is 16.6. The minimum absolute atomic E-state index is 0.106. The second-order valence-corrected chi connectivity index (χ2v) is 7.62. The van der Waals surface area contributed by atoms with Crippen LogP contribution in [-0.4, -0.2) is 60.8 Å². The molecule has 0 bridgehead atoms. The molecule has 4 heterocycles. The van der Waals surface area contributed by atoms with Crippen LogP contribution in [0.3, 0.4) is 0 Å². The second kappa shape index (κ2) is 7.41. The van der Waals surface area contributed by atoms with E-state index in [9.17, 15) is 9.59 Å². The second-order valence-electron chi connectivity index (χ2n) is 7.62. The molecule has 1 fully saturated rings. The molecule has 0 aromatic carbocycles. The Labute approximate surface area is 164 Å². The third-order valence-electron chi connectivity index (χ3n) is 6.23. The van der Waals surface area contributed by atoms with Crippen molar-refractivity contribution in [2.75, 3.05) is 19.6 Å². The largest absolute Gasteiger partial charge is 0.348 e. The molecule has 1 N–H and O–H groups in total. The fraction of sp³-hybridized carbons (Fsp3) is 0.600. The first kappa shape index (κ1) is 18.7. The maximum atomic E-state index is 12.8. The van der Waals surface area contributed by atoms with Gasteiger partial charge < -0.3 is 19.4 Å². The Bertz CT molecular complexity index is 862. The molecule has 150 valence electrons. The fourth-order valence-corrected chi connectivity index (χ4v) is 4.71. The minimum Gasteiger partial charge on any atom is -0.348 e. The molecule has 8 nitrogen and oxygen atoms in total. The highest BCUT2D eigenvalue weighted by molar-refractivity contribution is 5.78. The molecule has 0 unspecified atom stereocenters. The van der Waals surface area contributed by atoms with Gasteiger partial charge in [-0.1, -0.05) is 13.8 Å². The fourth-order valence-electron chi connectivity index (χ4n) is 4.71. The van der Waals surface area contributed by atoms with Crippen molar-refractivity contribution in [3.8, 4) is 0 Å². The number of fused-ring (bicyclic) bond motifs is 2. The van der Waals surface area contributed by atoms with E-state index < -0.39 is 0 Å². The monoisotopic (exact) mass is 384 g/mol. The van der Waals surface area contributed by atoms with Gasteiger partial charge in [0.25, 0.3) is 0 Å². The first-order valence-electron chi connectivity index (χ1n) is 10.2. The molecule has 28 heavy (non-hydrogen) atoms. The number of likely N-dealkylation sites (tertiary alicyclic amines) is 1. The summed E-state index contributed by atoms with van der Waals surface area (Å²) in [5.74, 6) is 1.20. The standard InChI is InChI=1S/C20H28N6O2/c1-3-16-21-8-12-25(16)13-18(28)24-10-6-20(7-11-24)19-15(22-14-23-19)5-9-26(20)17(27)4-2/h8,12,14H,3-7,9-11,13H2,1-2H3,(H,22,23). The highest BCUT2D eigenvalue weighted by atomic mass is 16.2. The number of imidazole rings is 2. The topological polar surface area (TPSA) is 87.1 Å². The average Bonchev–Trinajstić information content (AvgIpc) is 3.38. The number of aromatic nitrogens is 4. The maximum absolute atomic E-state index is 12.8. The average molecular weight is 384 g/mol. The van der Waals surface area contributed by atoms with E-state index in [0.29, 0.717) is 32.6 Å². The first-order chi connectivity index (χ1) is 13.6. The van der Waals surface area contributed by atoms with Crippen molar-refractivity contribution < 1.29 is 9.59 Å². The van der Waals surface area contributed by atoms with E-state index >= 15 is 0 Å². The van der Waals surface area contributed by atoms with Gasteiger partial charge in [-0.15, -0.1) is 0 Å². The highest BCUT2D eigenvalue weighted by Gasteiger charge is 2.48. The van der Waals surface area contributed by atoms with Gasteiger partial charge in [-0.2, -0.15) is 0 Å². The number of nitrogens with zero attached hydrogens (tertiary/aromatic N) is 5. The summed E-state index contributed by atoms with van der Waals surface area (Å²) in [6, 6.07) is 0. The number of aryl methyl sites for hydroxylation is 1. The normalized spacial score (nSPS) is 18.4. The Morgan fingerprint density at radius 1 is 1.14 bits per heavy atom. The van der Waals surface area contributed by atoms with Crippen LogP contribution in [0.1, 0.15) is 50.3 Å². The molecule has 2 aliphatic rings. The Morgan fingerprint density at radius 3 is 2.64 bits per heavy atom. The van der Waals surface area contributed by atoms with Crippen molar-refractivity contribution >= 4 is 11.8 Å². The summed E-state index contributed by atoms with van der Waals surface area (Å²) in [4.78, 5) is 41.6. The van der Waals surface area contributed by atoms with Gasteiger partial charge >= 0.3 is 0 Å². The lowest BCUT2D eigenvalue weighted by atomic mass is 9.78. The molecular weight excluding hydrogens is 356 g/mol. The number of carbonyl (C=O) groups is 2. The van der Waals surface area contributed by atoms with Crippen molar-refractivity contribution in [1.29, 1.82) is 0 Å². The Hall–Kier alpha value is -2.64. The van der Waals surface area contributed by atoms with Crippen molar-refractivity contribution in [2.45, 2.75) is 58.0 Å². The number of hydrogen-bond donors (Lipinski definition) is 1. The summed E-state index contributed by atoms with van der Waals surface area (Å²) >= 11 is 0. The van der Waals surface area contributed by atoms with Crippen molar-refractivity contribution in [3.05, 3.63) is 35.9 Å². The number of rotatable bonds is 4. The molecule has 2 aromatic heterocycles. The molecule has 2 aliphatic heterocycles. The Balaban J connectivity index is 1.51. The van der Waals surface area contributed by atoms with Crippen molar-refractivity contribution in [2.24, 2.45) is 0 Å². The molecule has 1 spiro atoms.